The van der Waals surface area contributed by atoms with Crippen LogP contribution in [0, 0.1) is 0 Å². The maximum atomic E-state index is 12.3. The van der Waals surface area contributed by atoms with Gasteiger partial charge in [-0.05, 0) is 33.1 Å². The van der Waals surface area contributed by atoms with Crippen molar-refractivity contribution in [3.8, 4) is 0 Å². The zero-order valence-electron chi connectivity index (χ0n) is 12.5. The maximum absolute atomic E-state index is 12.3. The Labute approximate surface area is 120 Å². The van der Waals surface area contributed by atoms with Crippen molar-refractivity contribution >= 4 is 11.9 Å². The maximum Gasteiger partial charge on any atom is 0.323 e. The lowest BCUT2D eigenvalue weighted by Gasteiger charge is -2.29. The van der Waals surface area contributed by atoms with Crippen LogP contribution in [-0.2, 0) is 19.1 Å². The highest BCUT2D eigenvalue weighted by Crippen LogP contribution is 2.14. The van der Waals surface area contributed by atoms with E-state index in [0.29, 0.717) is 13.0 Å². The summed E-state index contributed by atoms with van der Waals surface area (Å²) in [4.78, 5) is 24.5. The first-order chi connectivity index (χ1) is 9.45. The third kappa shape index (κ3) is 5.09. The quantitative estimate of drug-likeness (QED) is 0.728. The van der Waals surface area contributed by atoms with Gasteiger partial charge in [-0.2, -0.15) is 0 Å². The molecule has 0 aromatic carbocycles. The minimum atomic E-state index is -1.01. The lowest BCUT2D eigenvalue weighted by atomic mass is 10.2. The lowest BCUT2D eigenvalue weighted by Crippen LogP contribution is -2.47. The minimum Gasteiger partial charge on any atom is -0.480 e. The highest BCUT2D eigenvalue weighted by atomic mass is 16.5. The predicted molar refractivity (Wildman–Crippen MR) is 73.5 cm³/mol. The third-order valence-corrected chi connectivity index (χ3v) is 3.62. The Morgan fingerprint density at radius 2 is 2.15 bits per heavy atom. The summed E-state index contributed by atoms with van der Waals surface area (Å²) in [5, 5.41) is 8.91. The molecule has 1 heterocycles. The normalized spacial score (nSPS) is 21.4. The van der Waals surface area contributed by atoms with E-state index in [1.165, 1.54) is 4.90 Å². The molecule has 1 saturated heterocycles. The second-order valence-electron chi connectivity index (χ2n) is 5.23. The second kappa shape index (κ2) is 8.21. The Morgan fingerprint density at radius 1 is 1.45 bits per heavy atom. The summed E-state index contributed by atoms with van der Waals surface area (Å²) >= 11 is 0. The van der Waals surface area contributed by atoms with E-state index in [-0.39, 0.29) is 24.6 Å². The molecule has 0 spiro atoms. The first-order valence-corrected chi connectivity index (χ1v) is 7.21. The number of carboxylic acid groups (broad SMARTS) is 1. The van der Waals surface area contributed by atoms with Crippen molar-refractivity contribution in [1.82, 2.24) is 4.90 Å². The van der Waals surface area contributed by atoms with E-state index in [1.807, 2.05) is 13.8 Å². The molecule has 3 unspecified atom stereocenters. The van der Waals surface area contributed by atoms with Crippen molar-refractivity contribution in [2.45, 2.75) is 58.3 Å². The van der Waals surface area contributed by atoms with Crippen LogP contribution in [-0.4, -0.2) is 59.9 Å². The molecule has 3 atom stereocenters. The van der Waals surface area contributed by atoms with Gasteiger partial charge in [-0.3, -0.25) is 9.59 Å². The van der Waals surface area contributed by atoms with Crippen LogP contribution in [0.2, 0.25) is 0 Å². The van der Waals surface area contributed by atoms with Gasteiger partial charge in [0.15, 0.2) is 0 Å². The smallest absolute Gasteiger partial charge is 0.323 e. The number of hydrogen-bond donors (Lipinski definition) is 1. The van der Waals surface area contributed by atoms with E-state index in [4.69, 9.17) is 14.6 Å². The van der Waals surface area contributed by atoms with Crippen LogP contribution in [0.15, 0.2) is 0 Å². The van der Waals surface area contributed by atoms with E-state index in [0.717, 1.165) is 19.4 Å². The second-order valence-corrected chi connectivity index (χ2v) is 5.23. The molecular formula is C14H25NO5. The number of carbonyl (C=O) groups is 2. The van der Waals surface area contributed by atoms with Gasteiger partial charge < -0.3 is 19.5 Å². The van der Waals surface area contributed by atoms with Crippen molar-refractivity contribution in [1.29, 1.82) is 0 Å². The molecule has 0 aromatic rings. The highest BCUT2D eigenvalue weighted by Gasteiger charge is 2.27. The van der Waals surface area contributed by atoms with Crippen LogP contribution in [0.4, 0.5) is 0 Å². The molecule has 20 heavy (non-hydrogen) atoms. The van der Waals surface area contributed by atoms with Crippen molar-refractivity contribution in [2.75, 3.05) is 19.8 Å². The Bertz CT molecular complexity index is 328. The van der Waals surface area contributed by atoms with E-state index in [2.05, 4.69) is 0 Å². The molecule has 0 bridgehead atoms. The summed E-state index contributed by atoms with van der Waals surface area (Å²) in [6.45, 7) is 6.26. The number of hydrogen-bond acceptors (Lipinski definition) is 4. The average Bonchev–Trinajstić information content (AvgIpc) is 2.93. The fourth-order valence-electron chi connectivity index (χ4n) is 2.15. The van der Waals surface area contributed by atoms with Crippen molar-refractivity contribution in [2.24, 2.45) is 0 Å². The number of rotatable bonds is 8. The number of ether oxygens (including phenoxy) is 2. The monoisotopic (exact) mass is 287 g/mol. The summed E-state index contributed by atoms with van der Waals surface area (Å²) in [5.41, 5.74) is 0. The van der Waals surface area contributed by atoms with Crippen LogP contribution in [0.5, 0.6) is 0 Å². The first-order valence-electron chi connectivity index (χ1n) is 7.21. The molecule has 0 aliphatic carbocycles. The number of aliphatic carboxylic acids is 1. The average molecular weight is 287 g/mol. The number of carbonyl (C=O) groups excluding carboxylic acids is 1. The van der Waals surface area contributed by atoms with Gasteiger partial charge in [0.2, 0.25) is 0 Å². The van der Waals surface area contributed by atoms with Gasteiger partial charge in [-0.15, -0.1) is 0 Å². The Kier molecular flexibility index (Phi) is 6.95. The molecule has 1 aliphatic heterocycles. The predicted octanol–water partition coefficient (Wildman–Crippen LogP) is 1.28. The van der Waals surface area contributed by atoms with Gasteiger partial charge in [0.25, 0.3) is 5.91 Å². The van der Waals surface area contributed by atoms with E-state index in [9.17, 15) is 9.59 Å². The lowest BCUT2D eigenvalue weighted by molar-refractivity contribution is -0.153. The molecule has 6 heteroatoms. The Morgan fingerprint density at radius 3 is 2.65 bits per heavy atom. The summed E-state index contributed by atoms with van der Waals surface area (Å²) in [7, 11) is 0. The Balaban J connectivity index is 2.50. The van der Waals surface area contributed by atoms with E-state index < -0.39 is 12.1 Å². The van der Waals surface area contributed by atoms with Gasteiger partial charge in [-0.1, -0.05) is 6.92 Å². The standard InChI is InChI=1S/C14H25NO5/c1-4-10(2)15(8-13(16)17)14(18)11(3)20-9-12-6-5-7-19-12/h10-12H,4-9H2,1-3H3,(H,16,17). The molecule has 1 fully saturated rings. The molecule has 1 amide bonds. The topological polar surface area (TPSA) is 76.1 Å². The van der Waals surface area contributed by atoms with Gasteiger partial charge in [0.1, 0.15) is 12.6 Å². The molecule has 1 rings (SSSR count). The van der Waals surface area contributed by atoms with Crippen molar-refractivity contribution in [3.05, 3.63) is 0 Å². The summed E-state index contributed by atoms with van der Waals surface area (Å²) in [6.07, 6.45) is 2.09. The van der Waals surface area contributed by atoms with Crippen molar-refractivity contribution in [3.63, 3.8) is 0 Å². The van der Waals surface area contributed by atoms with Gasteiger partial charge in [0.05, 0.1) is 12.7 Å². The Hall–Kier alpha value is -1.14. The van der Waals surface area contributed by atoms with Crippen LogP contribution in [0.3, 0.4) is 0 Å². The summed E-state index contributed by atoms with van der Waals surface area (Å²) < 4.78 is 11.0. The zero-order chi connectivity index (χ0) is 15.1. The minimum absolute atomic E-state index is 0.0572. The van der Waals surface area contributed by atoms with E-state index >= 15 is 0 Å². The zero-order valence-corrected chi connectivity index (χ0v) is 12.5. The molecule has 0 radical (unpaired) electrons. The van der Waals surface area contributed by atoms with Crippen LogP contribution in [0.1, 0.15) is 40.0 Å². The number of carboxylic acids is 1. The van der Waals surface area contributed by atoms with Gasteiger partial charge >= 0.3 is 5.97 Å². The third-order valence-electron chi connectivity index (χ3n) is 3.62. The number of amides is 1. The largest absolute Gasteiger partial charge is 0.480 e. The molecule has 1 aliphatic rings. The molecule has 1 N–H and O–H groups in total. The SMILES string of the molecule is CCC(C)N(CC(=O)O)C(=O)C(C)OCC1CCCO1. The molecule has 116 valence electrons. The fraction of sp³-hybridized carbons (Fsp3) is 0.857. The van der Waals surface area contributed by atoms with Gasteiger partial charge in [0, 0.05) is 12.6 Å². The summed E-state index contributed by atoms with van der Waals surface area (Å²) in [6, 6.07) is -0.118. The molecule has 0 saturated carbocycles. The number of nitrogens with zero attached hydrogens (tertiary/aromatic N) is 1. The molecule has 6 nitrogen and oxygen atoms in total. The first kappa shape index (κ1) is 16.9. The molecule has 0 aromatic heterocycles. The van der Waals surface area contributed by atoms with Crippen LogP contribution in [0.25, 0.3) is 0 Å². The van der Waals surface area contributed by atoms with E-state index in [1.54, 1.807) is 6.92 Å². The van der Waals surface area contributed by atoms with Crippen LogP contribution < -0.4 is 0 Å². The fourth-order valence-corrected chi connectivity index (χ4v) is 2.15. The van der Waals surface area contributed by atoms with Crippen molar-refractivity contribution < 1.29 is 24.2 Å². The van der Waals surface area contributed by atoms with Gasteiger partial charge in [-0.25, -0.2) is 0 Å². The summed E-state index contributed by atoms with van der Waals surface area (Å²) in [5.74, 6) is -1.29. The van der Waals surface area contributed by atoms with Crippen LogP contribution >= 0.6 is 0 Å². The molecular weight excluding hydrogens is 262 g/mol. The highest BCUT2D eigenvalue weighted by molar-refractivity contribution is 5.84.